The standard InChI is InChI=1S/C6H15N2O4PS.C2H4O2/c1-5(4-14)8-6(9)3-7-13(10,11)12-2;1-2(3)4/h5,14H,3-4H2,1-2H3,(H,8,9)(H2,7,10,11);1H3,(H,3,4)/p-1. The van der Waals surface area contributed by atoms with Crippen LogP contribution in [-0.4, -0.2) is 42.4 Å². The Balaban J connectivity index is 0. The average Bonchev–Trinajstić information content (AvgIpc) is 2.25. The fourth-order valence-electron chi connectivity index (χ4n) is 0.605. The maximum Gasteiger partial charge on any atom is 0.300 e. The van der Waals surface area contributed by atoms with Crippen LogP contribution >= 0.6 is 20.4 Å². The van der Waals surface area contributed by atoms with Crippen molar-refractivity contribution in [2.75, 3.05) is 19.4 Å². The topological polar surface area (TPSA) is 128 Å². The summed E-state index contributed by atoms with van der Waals surface area (Å²) in [6, 6.07) is -0.0961. The third-order valence-electron chi connectivity index (χ3n) is 1.35. The number of rotatable bonds is 6. The molecule has 0 aliphatic heterocycles. The molecule has 108 valence electrons. The molecule has 0 saturated heterocycles. The van der Waals surface area contributed by atoms with Crippen molar-refractivity contribution in [2.45, 2.75) is 19.9 Å². The zero-order valence-electron chi connectivity index (χ0n) is 10.4. The molecule has 0 heterocycles. The van der Waals surface area contributed by atoms with E-state index in [0.29, 0.717) is 5.75 Å². The molecular formula is C8H18N2O6PS-. The Kier molecular flexibility index (Phi) is 11.3. The SMILES string of the molecule is CC(=O)O.COP(=O)([O-])NCC(=O)NC(C)CS. The van der Waals surface area contributed by atoms with Crippen LogP contribution in [0, 0.1) is 0 Å². The van der Waals surface area contributed by atoms with E-state index in [-0.39, 0.29) is 12.6 Å². The third-order valence-corrected chi connectivity index (χ3v) is 2.93. The van der Waals surface area contributed by atoms with Crippen molar-refractivity contribution in [3.63, 3.8) is 0 Å². The number of hydrogen-bond donors (Lipinski definition) is 4. The number of carboxylic acid groups (broad SMARTS) is 1. The van der Waals surface area contributed by atoms with Crippen molar-refractivity contribution < 1.29 is 28.7 Å². The maximum absolute atomic E-state index is 11.1. The first-order valence-corrected chi connectivity index (χ1v) is 7.03. The second kappa shape index (κ2) is 10.3. The highest BCUT2D eigenvalue weighted by atomic mass is 32.1. The van der Waals surface area contributed by atoms with Gasteiger partial charge in [-0.15, -0.1) is 0 Å². The summed E-state index contributed by atoms with van der Waals surface area (Å²) < 4.78 is 14.9. The molecule has 0 aromatic carbocycles. The zero-order valence-corrected chi connectivity index (χ0v) is 12.2. The van der Waals surface area contributed by atoms with E-state index in [4.69, 9.17) is 9.90 Å². The van der Waals surface area contributed by atoms with E-state index in [1.165, 1.54) is 0 Å². The van der Waals surface area contributed by atoms with Gasteiger partial charge in [-0.1, -0.05) is 0 Å². The number of amides is 1. The fourth-order valence-corrected chi connectivity index (χ4v) is 1.16. The van der Waals surface area contributed by atoms with Crippen LogP contribution in [0.4, 0.5) is 0 Å². The predicted octanol–water partition coefficient (Wildman–Crippen LogP) is -0.784. The normalized spacial score (nSPS) is 14.7. The summed E-state index contributed by atoms with van der Waals surface area (Å²) in [7, 11) is -3.04. The van der Waals surface area contributed by atoms with Crippen LogP contribution in [0.2, 0.25) is 0 Å². The molecule has 0 aliphatic rings. The summed E-state index contributed by atoms with van der Waals surface area (Å²) in [5, 5.41) is 11.9. The van der Waals surface area contributed by atoms with Crippen LogP contribution in [0.5, 0.6) is 0 Å². The van der Waals surface area contributed by atoms with Gasteiger partial charge in [0.05, 0.1) is 6.54 Å². The molecule has 10 heteroatoms. The largest absolute Gasteiger partial charge is 0.766 e. The molecule has 0 radical (unpaired) electrons. The van der Waals surface area contributed by atoms with Crippen molar-refractivity contribution in [3.8, 4) is 0 Å². The Morgan fingerprint density at radius 3 is 2.33 bits per heavy atom. The van der Waals surface area contributed by atoms with Gasteiger partial charge in [-0.25, -0.2) is 5.09 Å². The molecule has 3 N–H and O–H groups in total. The summed E-state index contributed by atoms with van der Waals surface area (Å²) in [5.41, 5.74) is 0. The van der Waals surface area contributed by atoms with Crippen LogP contribution in [-0.2, 0) is 18.7 Å². The van der Waals surface area contributed by atoms with E-state index in [1.807, 2.05) is 5.09 Å². The lowest BCUT2D eigenvalue weighted by Crippen LogP contribution is -2.40. The minimum absolute atomic E-state index is 0.0961. The van der Waals surface area contributed by atoms with E-state index in [9.17, 15) is 14.3 Å². The molecule has 0 rings (SSSR count). The summed E-state index contributed by atoms with van der Waals surface area (Å²) in [6.07, 6.45) is 0. The molecule has 0 fully saturated rings. The molecule has 0 aromatic rings. The first-order chi connectivity index (χ1) is 8.14. The molecule has 0 aliphatic carbocycles. The number of aliphatic carboxylic acids is 1. The molecule has 0 spiro atoms. The molecule has 8 nitrogen and oxygen atoms in total. The molecular weight excluding hydrogens is 283 g/mol. The molecule has 2 unspecified atom stereocenters. The van der Waals surface area contributed by atoms with E-state index in [2.05, 4.69) is 22.5 Å². The Hall–Kier alpha value is -0.600. The van der Waals surface area contributed by atoms with Gasteiger partial charge in [-0.3, -0.25) is 14.2 Å². The van der Waals surface area contributed by atoms with Crippen LogP contribution in [0.15, 0.2) is 0 Å². The highest BCUT2D eigenvalue weighted by molar-refractivity contribution is 7.80. The van der Waals surface area contributed by atoms with Crippen LogP contribution in [0.1, 0.15) is 13.8 Å². The highest BCUT2D eigenvalue weighted by Crippen LogP contribution is 2.28. The number of nitrogens with one attached hydrogen (secondary N) is 2. The quantitative estimate of drug-likeness (QED) is 0.374. The van der Waals surface area contributed by atoms with Crippen molar-refractivity contribution >= 4 is 32.3 Å². The smallest absolute Gasteiger partial charge is 0.300 e. The monoisotopic (exact) mass is 301 g/mol. The molecule has 18 heavy (non-hydrogen) atoms. The second-order valence-electron chi connectivity index (χ2n) is 3.19. The Bertz CT molecular complexity index is 310. The number of carbonyl (C=O) groups is 2. The number of carboxylic acids is 1. The van der Waals surface area contributed by atoms with Crippen LogP contribution in [0.25, 0.3) is 0 Å². The van der Waals surface area contributed by atoms with Gasteiger partial charge in [0.15, 0.2) is 0 Å². The van der Waals surface area contributed by atoms with Crippen LogP contribution < -0.4 is 15.3 Å². The Morgan fingerprint density at radius 1 is 1.56 bits per heavy atom. The molecule has 0 bridgehead atoms. The lowest BCUT2D eigenvalue weighted by Gasteiger charge is -2.21. The maximum atomic E-state index is 11.1. The summed E-state index contributed by atoms with van der Waals surface area (Å²) >= 11 is 3.96. The third kappa shape index (κ3) is 15.4. The average molecular weight is 301 g/mol. The summed E-state index contributed by atoms with van der Waals surface area (Å²) in [6.45, 7) is 2.52. The van der Waals surface area contributed by atoms with Gasteiger partial charge >= 0.3 is 0 Å². The van der Waals surface area contributed by atoms with Gasteiger partial charge in [0.1, 0.15) is 0 Å². The molecule has 0 saturated carbocycles. The molecule has 0 aromatic heterocycles. The molecule has 1 amide bonds. The van der Waals surface area contributed by atoms with Gasteiger partial charge in [-0.05, 0) is 6.92 Å². The minimum atomic E-state index is -4.06. The first kappa shape index (κ1) is 19.7. The van der Waals surface area contributed by atoms with E-state index >= 15 is 0 Å². The number of hydrogen-bond acceptors (Lipinski definition) is 6. The number of carbonyl (C=O) groups excluding carboxylic acids is 1. The van der Waals surface area contributed by atoms with Gasteiger partial charge < -0.3 is 19.8 Å². The van der Waals surface area contributed by atoms with Gasteiger partial charge in [0.2, 0.25) is 13.7 Å². The van der Waals surface area contributed by atoms with E-state index in [0.717, 1.165) is 14.0 Å². The van der Waals surface area contributed by atoms with Crippen molar-refractivity contribution in [3.05, 3.63) is 0 Å². The van der Waals surface area contributed by atoms with E-state index < -0.39 is 19.6 Å². The first-order valence-electron chi connectivity index (χ1n) is 4.86. The van der Waals surface area contributed by atoms with Crippen molar-refractivity contribution in [1.82, 2.24) is 10.4 Å². The summed E-state index contributed by atoms with van der Waals surface area (Å²) in [5.74, 6) is -0.759. The van der Waals surface area contributed by atoms with E-state index in [1.54, 1.807) is 6.92 Å². The highest BCUT2D eigenvalue weighted by Gasteiger charge is 2.09. The second-order valence-corrected chi connectivity index (χ2v) is 5.23. The Labute approximate surface area is 111 Å². The minimum Gasteiger partial charge on any atom is -0.766 e. The van der Waals surface area contributed by atoms with Gasteiger partial charge in [0, 0.05) is 25.8 Å². The molecule has 2 atom stereocenters. The summed E-state index contributed by atoms with van der Waals surface area (Å²) in [4.78, 5) is 30.8. The predicted molar refractivity (Wildman–Crippen MR) is 67.4 cm³/mol. The van der Waals surface area contributed by atoms with Gasteiger partial charge in [0.25, 0.3) is 5.97 Å². The van der Waals surface area contributed by atoms with Crippen molar-refractivity contribution in [2.24, 2.45) is 0 Å². The fraction of sp³-hybridized carbons (Fsp3) is 0.750. The Morgan fingerprint density at radius 2 is 2.00 bits per heavy atom. The van der Waals surface area contributed by atoms with Crippen molar-refractivity contribution in [1.29, 1.82) is 0 Å². The lowest BCUT2D eigenvalue weighted by molar-refractivity contribution is -0.200. The van der Waals surface area contributed by atoms with Crippen LogP contribution in [0.3, 0.4) is 0 Å². The zero-order chi connectivity index (χ0) is 14.8. The number of thiol groups is 1. The lowest BCUT2D eigenvalue weighted by atomic mass is 10.4. The van der Waals surface area contributed by atoms with Gasteiger partial charge in [-0.2, -0.15) is 12.6 Å².